The van der Waals surface area contributed by atoms with Gasteiger partial charge < -0.3 is 9.84 Å². The van der Waals surface area contributed by atoms with E-state index < -0.39 is 12.5 Å². The van der Waals surface area contributed by atoms with Crippen LogP contribution in [-0.4, -0.2) is 11.5 Å². The van der Waals surface area contributed by atoms with Crippen LogP contribution in [0.1, 0.15) is 63.5 Å². The van der Waals surface area contributed by atoms with Crippen LogP contribution < -0.4 is 4.74 Å². The van der Waals surface area contributed by atoms with Crippen LogP contribution in [0.3, 0.4) is 0 Å². The van der Waals surface area contributed by atoms with E-state index in [0.717, 1.165) is 19.3 Å². The molecule has 0 heterocycles. The number of aliphatic hydroxyl groups excluding tert-OH is 1. The van der Waals surface area contributed by atoms with Gasteiger partial charge in [-0.1, -0.05) is 63.6 Å². The van der Waals surface area contributed by atoms with Gasteiger partial charge in [-0.15, -0.1) is 13.2 Å². The van der Waals surface area contributed by atoms with Gasteiger partial charge in [0.25, 0.3) is 0 Å². The molecule has 0 aliphatic heterocycles. The normalized spacial score (nSPS) is 13.2. The van der Waals surface area contributed by atoms with Gasteiger partial charge in [-0.25, -0.2) is 0 Å². The van der Waals surface area contributed by atoms with E-state index in [-0.39, 0.29) is 11.3 Å². The lowest BCUT2D eigenvalue weighted by molar-refractivity contribution is -0.275. The Labute approximate surface area is 123 Å². The van der Waals surface area contributed by atoms with Crippen LogP contribution in [0.15, 0.2) is 24.3 Å². The first-order chi connectivity index (χ1) is 9.94. The second-order valence-electron chi connectivity index (χ2n) is 5.16. The first-order valence-corrected chi connectivity index (χ1v) is 7.46. The lowest BCUT2D eigenvalue weighted by Crippen LogP contribution is -2.18. The maximum Gasteiger partial charge on any atom is 0.573 e. The molecule has 0 saturated carbocycles. The van der Waals surface area contributed by atoms with Crippen molar-refractivity contribution in [2.24, 2.45) is 0 Å². The van der Waals surface area contributed by atoms with E-state index in [1.165, 1.54) is 37.5 Å². The minimum atomic E-state index is -4.74. The molecule has 1 rings (SSSR count). The highest BCUT2D eigenvalue weighted by Crippen LogP contribution is 2.32. The number of aliphatic hydroxyl groups is 1. The van der Waals surface area contributed by atoms with Gasteiger partial charge in [-0.3, -0.25) is 0 Å². The Bertz CT molecular complexity index is 405. The number of hydrogen-bond acceptors (Lipinski definition) is 2. The van der Waals surface area contributed by atoms with Crippen molar-refractivity contribution in [2.75, 3.05) is 0 Å². The summed E-state index contributed by atoms with van der Waals surface area (Å²) >= 11 is 0. The van der Waals surface area contributed by atoms with Gasteiger partial charge in [-0.2, -0.15) is 0 Å². The third-order valence-electron chi connectivity index (χ3n) is 3.33. The van der Waals surface area contributed by atoms with E-state index in [9.17, 15) is 18.3 Å². The molecular formula is C16H23F3O2. The average Bonchev–Trinajstić information content (AvgIpc) is 2.41. The summed E-state index contributed by atoms with van der Waals surface area (Å²) < 4.78 is 40.9. The van der Waals surface area contributed by atoms with E-state index in [1.54, 1.807) is 6.07 Å². The zero-order valence-corrected chi connectivity index (χ0v) is 12.3. The topological polar surface area (TPSA) is 29.5 Å². The fraction of sp³-hybridized carbons (Fsp3) is 0.625. The SMILES string of the molecule is CCCCCCCCC(O)c1ccccc1OC(F)(F)F. The predicted octanol–water partition coefficient (Wildman–Crippen LogP) is 5.37. The minimum absolute atomic E-state index is 0.198. The zero-order valence-electron chi connectivity index (χ0n) is 12.3. The van der Waals surface area contributed by atoms with Crippen LogP contribution in [-0.2, 0) is 0 Å². The fourth-order valence-electron chi connectivity index (χ4n) is 2.25. The Morgan fingerprint density at radius 1 is 1.05 bits per heavy atom. The number of ether oxygens (including phenoxy) is 1. The molecule has 1 N–H and O–H groups in total. The largest absolute Gasteiger partial charge is 0.573 e. The molecular weight excluding hydrogens is 281 g/mol. The molecule has 1 aromatic rings. The van der Waals surface area contributed by atoms with E-state index in [1.807, 2.05) is 0 Å². The maximum absolute atomic E-state index is 12.3. The van der Waals surface area contributed by atoms with Crippen molar-refractivity contribution < 1.29 is 23.0 Å². The standard InChI is InChI=1S/C16H23F3O2/c1-2-3-4-5-6-7-11-14(20)13-10-8-9-12-15(13)21-16(17,18)19/h8-10,12,14,20H,2-7,11H2,1H3. The quantitative estimate of drug-likeness (QED) is 0.621. The van der Waals surface area contributed by atoms with Crippen molar-refractivity contribution in [3.8, 4) is 5.75 Å². The lowest BCUT2D eigenvalue weighted by atomic mass is 10.0. The molecule has 0 aliphatic carbocycles. The number of rotatable bonds is 9. The molecule has 5 heteroatoms. The molecule has 2 nitrogen and oxygen atoms in total. The Kier molecular flexibility index (Phi) is 7.57. The Balaban J connectivity index is 2.48. The molecule has 0 amide bonds. The first kappa shape index (κ1) is 17.8. The number of benzene rings is 1. The summed E-state index contributed by atoms with van der Waals surface area (Å²) in [4.78, 5) is 0. The van der Waals surface area contributed by atoms with Gasteiger partial charge in [0.05, 0.1) is 6.10 Å². The maximum atomic E-state index is 12.3. The summed E-state index contributed by atoms with van der Waals surface area (Å²) in [5, 5.41) is 10.1. The van der Waals surface area contributed by atoms with Crippen molar-refractivity contribution >= 4 is 0 Å². The van der Waals surface area contributed by atoms with Crippen LogP contribution in [0, 0.1) is 0 Å². The zero-order chi connectivity index (χ0) is 15.7. The number of hydrogen-bond donors (Lipinski definition) is 1. The van der Waals surface area contributed by atoms with Crippen molar-refractivity contribution in [1.82, 2.24) is 0 Å². The summed E-state index contributed by atoms with van der Waals surface area (Å²) in [5.41, 5.74) is 0.198. The second kappa shape index (κ2) is 8.93. The van der Waals surface area contributed by atoms with E-state index in [2.05, 4.69) is 11.7 Å². The molecule has 1 unspecified atom stereocenters. The summed E-state index contributed by atoms with van der Waals surface area (Å²) in [6, 6.07) is 5.77. The Morgan fingerprint density at radius 3 is 2.33 bits per heavy atom. The van der Waals surface area contributed by atoms with Crippen LogP contribution >= 0.6 is 0 Å². The molecule has 0 bridgehead atoms. The van der Waals surface area contributed by atoms with Crippen molar-refractivity contribution in [3.63, 3.8) is 0 Å². The smallest absolute Gasteiger partial charge is 0.405 e. The van der Waals surface area contributed by atoms with Crippen molar-refractivity contribution in [3.05, 3.63) is 29.8 Å². The van der Waals surface area contributed by atoms with Gasteiger partial charge in [-0.05, 0) is 12.5 Å². The summed E-state index contributed by atoms with van der Waals surface area (Å²) in [5.74, 6) is -0.316. The molecule has 0 spiro atoms. The molecule has 21 heavy (non-hydrogen) atoms. The molecule has 0 aromatic heterocycles. The summed E-state index contributed by atoms with van der Waals surface area (Å²) in [6.45, 7) is 2.14. The lowest BCUT2D eigenvalue weighted by Gasteiger charge is -2.17. The van der Waals surface area contributed by atoms with Crippen LogP contribution in [0.25, 0.3) is 0 Å². The molecule has 1 aromatic carbocycles. The summed E-state index contributed by atoms with van der Waals surface area (Å²) in [6.07, 6.45) is 1.21. The highest BCUT2D eigenvalue weighted by molar-refractivity contribution is 5.35. The van der Waals surface area contributed by atoms with Gasteiger partial charge in [0, 0.05) is 5.56 Å². The third-order valence-corrected chi connectivity index (χ3v) is 3.33. The monoisotopic (exact) mass is 304 g/mol. The number of para-hydroxylation sites is 1. The number of halogens is 3. The molecule has 0 saturated heterocycles. The molecule has 1 atom stereocenters. The Hall–Kier alpha value is -1.23. The number of unbranched alkanes of at least 4 members (excludes halogenated alkanes) is 5. The second-order valence-corrected chi connectivity index (χ2v) is 5.16. The number of alkyl halides is 3. The molecule has 120 valence electrons. The minimum Gasteiger partial charge on any atom is -0.405 e. The highest BCUT2D eigenvalue weighted by atomic mass is 19.4. The van der Waals surface area contributed by atoms with Gasteiger partial charge in [0.2, 0.25) is 0 Å². The van der Waals surface area contributed by atoms with Crippen LogP contribution in [0.5, 0.6) is 5.75 Å². The fourth-order valence-corrected chi connectivity index (χ4v) is 2.25. The van der Waals surface area contributed by atoms with Gasteiger partial charge in [0.15, 0.2) is 0 Å². The molecule has 0 radical (unpaired) electrons. The molecule has 0 fully saturated rings. The van der Waals surface area contributed by atoms with Gasteiger partial charge >= 0.3 is 6.36 Å². The average molecular weight is 304 g/mol. The predicted molar refractivity (Wildman–Crippen MR) is 76.1 cm³/mol. The van der Waals surface area contributed by atoms with Crippen LogP contribution in [0.4, 0.5) is 13.2 Å². The Morgan fingerprint density at radius 2 is 1.67 bits per heavy atom. The summed E-state index contributed by atoms with van der Waals surface area (Å²) in [7, 11) is 0. The van der Waals surface area contributed by atoms with E-state index >= 15 is 0 Å². The first-order valence-electron chi connectivity index (χ1n) is 7.46. The van der Waals surface area contributed by atoms with E-state index in [0.29, 0.717) is 6.42 Å². The molecule has 0 aliphatic rings. The van der Waals surface area contributed by atoms with Crippen molar-refractivity contribution in [1.29, 1.82) is 0 Å². The third kappa shape index (κ3) is 7.37. The van der Waals surface area contributed by atoms with Crippen LogP contribution in [0.2, 0.25) is 0 Å². The highest BCUT2D eigenvalue weighted by Gasteiger charge is 2.32. The van der Waals surface area contributed by atoms with Crippen molar-refractivity contribution in [2.45, 2.75) is 64.3 Å². The van der Waals surface area contributed by atoms with Gasteiger partial charge in [0.1, 0.15) is 5.75 Å². The van der Waals surface area contributed by atoms with E-state index in [4.69, 9.17) is 0 Å².